The van der Waals surface area contributed by atoms with E-state index in [0.717, 1.165) is 25.7 Å². The van der Waals surface area contributed by atoms with Crippen LogP contribution in [-0.2, 0) is 19.1 Å². The number of carbonyl (C=O) groups is 2. The molecule has 0 aromatic rings. The number of cyclic esters (lactones) is 1. The fraction of sp³-hybridized carbons (Fsp3) is 0.556. The highest BCUT2D eigenvalue weighted by Crippen LogP contribution is 2.00. The van der Waals surface area contributed by atoms with Gasteiger partial charge in [0.1, 0.15) is 0 Å². The molecule has 0 N–H and O–H groups in total. The number of rotatable bonds is 6. The summed E-state index contributed by atoms with van der Waals surface area (Å²) in [4.78, 5) is 21.6. The highest BCUT2D eigenvalue weighted by atomic mass is 16.5. The summed E-state index contributed by atoms with van der Waals surface area (Å²) >= 11 is 0. The molecule has 4 nitrogen and oxygen atoms in total. The smallest absolute Gasteiger partial charge is 0.306 e. The third kappa shape index (κ3) is 14.6. The van der Waals surface area contributed by atoms with Gasteiger partial charge in [0.05, 0.1) is 13.2 Å². The van der Waals surface area contributed by atoms with Gasteiger partial charge in [0, 0.05) is 12.8 Å². The summed E-state index contributed by atoms with van der Waals surface area (Å²) in [6, 6.07) is 0. The molecule has 124 valence electrons. The summed E-state index contributed by atoms with van der Waals surface area (Å²) in [5, 5.41) is 0. The lowest BCUT2D eigenvalue weighted by molar-refractivity contribution is -0.144. The summed E-state index contributed by atoms with van der Waals surface area (Å²) in [7, 11) is 0. The summed E-state index contributed by atoms with van der Waals surface area (Å²) in [5.41, 5.74) is 0. The lowest BCUT2D eigenvalue weighted by Crippen LogP contribution is -2.05. The molecule has 0 amide bonds. The quantitative estimate of drug-likeness (QED) is 0.421. The van der Waals surface area contributed by atoms with Gasteiger partial charge in [0.2, 0.25) is 0 Å². The van der Waals surface area contributed by atoms with Crippen molar-refractivity contribution in [2.45, 2.75) is 52.4 Å². The van der Waals surface area contributed by atoms with Crippen LogP contribution in [-0.4, -0.2) is 25.2 Å². The van der Waals surface area contributed by atoms with Crippen molar-refractivity contribution in [2.75, 3.05) is 13.2 Å². The molecule has 0 fully saturated rings. The Kier molecular flexibility index (Phi) is 14.2. The summed E-state index contributed by atoms with van der Waals surface area (Å²) in [6.45, 7) is 4.94. The standard InChI is InChI=1S/C11H18O2.C7H10O2/c1-3-5-7-9-11(12)13-10-8-6-4-2;8-7-5-3-1-2-4-6-9-7/h3-6H,7-10H2,1-2H3;1-2H,3-6H2/b5-3+,6-4+;2-1+. The molecule has 0 bridgehead atoms. The number of allylic oxidation sites excluding steroid dienone is 4. The number of hydrogen-bond acceptors (Lipinski definition) is 4. The molecule has 1 heterocycles. The number of hydrogen-bond donors (Lipinski definition) is 0. The van der Waals surface area contributed by atoms with Crippen molar-refractivity contribution in [1.82, 2.24) is 0 Å². The molecule has 22 heavy (non-hydrogen) atoms. The van der Waals surface area contributed by atoms with Gasteiger partial charge >= 0.3 is 11.9 Å². The maximum absolute atomic E-state index is 11.0. The Morgan fingerprint density at radius 2 is 1.86 bits per heavy atom. The fourth-order valence-corrected chi connectivity index (χ4v) is 1.60. The Labute approximate surface area is 133 Å². The largest absolute Gasteiger partial charge is 0.465 e. The van der Waals surface area contributed by atoms with Gasteiger partial charge in [-0.1, -0.05) is 36.5 Å². The first-order chi connectivity index (χ1) is 10.7. The van der Waals surface area contributed by atoms with Gasteiger partial charge in [-0.3, -0.25) is 9.59 Å². The van der Waals surface area contributed by atoms with E-state index in [1.54, 1.807) is 0 Å². The van der Waals surface area contributed by atoms with Gasteiger partial charge in [-0.05, 0) is 39.5 Å². The molecule has 1 rings (SSSR count). The van der Waals surface area contributed by atoms with Crippen molar-refractivity contribution in [2.24, 2.45) is 0 Å². The van der Waals surface area contributed by atoms with Crippen LogP contribution >= 0.6 is 0 Å². The van der Waals surface area contributed by atoms with Gasteiger partial charge in [0.25, 0.3) is 0 Å². The highest BCUT2D eigenvalue weighted by Gasteiger charge is 2.01. The van der Waals surface area contributed by atoms with E-state index in [-0.39, 0.29) is 11.9 Å². The van der Waals surface area contributed by atoms with Gasteiger partial charge in [-0.15, -0.1) is 0 Å². The minimum absolute atomic E-state index is 0.0700. The number of esters is 2. The molecule has 1 aliphatic rings. The zero-order valence-corrected chi connectivity index (χ0v) is 13.8. The molecular weight excluding hydrogens is 280 g/mol. The Morgan fingerprint density at radius 3 is 2.59 bits per heavy atom. The van der Waals surface area contributed by atoms with Crippen LogP contribution in [0.25, 0.3) is 0 Å². The zero-order valence-electron chi connectivity index (χ0n) is 13.8. The van der Waals surface area contributed by atoms with Crippen molar-refractivity contribution < 1.29 is 19.1 Å². The molecule has 0 aromatic carbocycles. The molecule has 0 aromatic heterocycles. The van der Waals surface area contributed by atoms with Crippen LogP contribution in [0.2, 0.25) is 0 Å². The second kappa shape index (κ2) is 15.5. The van der Waals surface area contributed by atoms with E-state index in [9.17, 15) is 9.59 Å². The third-order valence-corrected chi connectivity index (χ3v) is 2.76. The first-order valence-corrected chi connectivity index (χ1v) is 7.89. The Morgan fingerprint density at radius 1 is 1.18 bits per heavy atom. The van der Waals surface area contributed by atoms with E-state index in [1.807, 2.05) is 50.3 Å². The minimum atomic E-state index is -0.109. The molecule has 0 radical (unpaired) electrons. The lowest BCUT2D eigenvalue weighted by Gasteiger charge is -2.03. The van der Waals surface area contributed by atoms with Crippen LogP contribution in [0, 0.1) is 0 Å². The summed E-state index contributed by atoms with van der Waals surface area (Å²) < 4.78 is 9.76. The monoisotopic (exact) mass is 308 g/mol. The van der Waals surface area contributed by atoms with Crippen molar-refractivity contribution in [1.29, 1.82) is 0 Å². The normalized spacial score (nSPS) is 16.4. The van der Waals surface area contributed by atoms with Crippen LogP contribution in [0.1, 0.15) is 52.4 Å². The molecule has 0 aliphatic carbocycles. The number of carbonyl (C=O) groups excluding carboxylic acids is 2. The first-order valence-electron chi connectivity index (χ1n) is 7.89. The van der Waals surface area contributed by atoms with Gasteiger partial charge in [0.15, 0.2) is 0 Å². The van der Waals surface area contributed by atoms with E-state index >= 15 is 0 Å². The zero-order chi connectivity index (χ0) is 16.5. The van der Waals surface area contributed by atoms with Crippen LogP contribution in [0.3, 0.4) is 0 Å². The van der Waals surface area contributed by atoms with Crippen LogP contribution in [0.5, 0.6) is 0 Å². The third-order valence-electron chi connectivity index (χ3n) is 2.76. The van der Waals surface area contributed by atoms with Crippen LogP contribution < -0.4 is 0 Å². The minimum Gasteiger partial charge on any atom is -0.465 e. The van der Waals surface area contributed by atoms with Crippen molar-refractivity contribution in [3.63, 3.8) is 0 Å². The SMILES string of the molecule is C/C=C/CCOC(=O)CC/C=C/C.O=C1CC/C=C/CCO1. The van der Waals surface area contributed by atoms with E-state index in [0.29, 0.717) is 26.1 Å². The van der Waals surface area contributed by atoms with Crippen molar-refractivity contribution in [3.8, 4) is 0 Å². The molecule has 4 heteroatoms. The first kappa shape index (κ1) is 20.2. The van der Waals surface area contributed by atoms with Gasteiger partial charge < -0.3 is 9.47 Å². The molecule has 0 spiro atoms. The molecule has 0 saturated heterocycles. The van der Waals surface area contributed by atoms with E-state index in [4.69, 9.17) is 9.47 Å². The second-order valence-corrected chi connectivity index (χ2v) is 4.71. The average molecular weight is 308 g/mol. The van der Waals surface area contributed by atoms with Gasteiger partial charge in [-0.2, -0.15) is 0 Å². The van der Waals surface area contributed by atoms with Crippen LogP contribution in [0.15, 0.2) is 36.5 Å². The van der Waals surface area contributed by atoms with Crippen molar-refractivity contribution in [3.05, 3.63) is 36.5 Å². The Balaban J connectivity index is 0.000000425. The van der Waals surface area contributed by atoms with Gasteiger partial charge in [-0.25, -0.2) is 0 Å². The predicted octanol–water partition coefficient (Wildman–Crippen LogP) is 4.12. The second-order valence-electron chi connectivity index (χ2n) is 4.71. The van der Waals surface area contributed by atoms with Crippen molar-refractivity contribution >= 4 is 11.9 Å². The molecule has 0 unspecified atom stereocenters. The fourth-order valence-electron chi connectivity index (χ4n) is 1.60. The summed E-state index contributed by atoms with van der Waals surface area (Å²) in [5.74, 6) is -0.179. The maximum atomic E-state index is 11.0. The van der Waals surface area contributed by atoms with E-state index in [1.165, 1.54) is 0 Å². The molecular formula is C18H28O4. The van der Waals surface area contributed by atoms with E-state index in [2.05, 4.69) is 0 Å². The average Bonchev–Trinajstić information content (AvgIpc) is 2.48. The van der Waals surface area contributed by atoms with Crippen LogP contribution in [0.4, 0.5) is 0 Å². The Bertz CT molecular complexity index is 381. The molecule has 0 atom stereocenters. The van der Waals surface area contributed by atoms with E-state index < -0.39 is 0 Å². The highest BCUT2D eigenvalue weighted by molar-refractivity contribution is 5.69. The maximum Gasteiger partial charge on any atom is 0.306 e. The summed E-state index contributed by atoms with van der Waals surface area (Å²) in [6.07, 6.45) is 16.2. The molecule has 1 aliphatic heterocycles. The Hall–Kier alpha value is -1.84. The lowest BCUT2D eigenvalue weighted by atomic mass is 10.2. The molecule has 0 saturated carbocycles. The predicted molar refractivity (Wildman–Crippen MR) is 88.4 cm³/mol. The number of ether oxygens (including phenoxy) is 2. The topological polar surface area (TPSA) is 52.6 Å².